The summed E-state index contributed by atoms with van der Waals surface area (Å²) in [6.45, 7) is 1.74. The lowest BCUT2D eigenvalue weighted by Gasteiger charge is -1.99. The van der Waals surface area contributed by atoms with Crippen LogP contribution in [0, 0.1) is 11.8 Å². The molecular formula is C7H8N2OS. The summed E-state index contributed by atoms with van der Waals surface area (Å²) in [6.07, 6.45) is -0.150. The number of aliphatic hydroxyl groups excluding tert-OH is 1. The molecule has 0 saturated heterocycles. The van der Waals surface area contributed by atoms with Gasteiger partial charge in [0, 0.05) is 11.8 Å². The first-order chi connectivity index (χ1) is 5.34. The van der Waals surface area contributed by atoms with Crippen LogP contribution >= 0.6 is 11.5 Å². The van der Waals surface area contributed by atoms with Gasteiger partial charge in [-0.05, 0) is 18.5 Å². The quantitative estimate of drug-likeness (QED) is 0.670. The molecule has 0 aliphatic carbocycles. The zero-order valence-corrected chi connectivity index (χ0v) is 6.93. The van der Waals surface area contributed by atoms with E-state index in [0.29, 0.717) is 12.1 Å². The molecule has 1 aromatic heterocycles. The fourth-order valence-electron chi connectivity index (χ4n) is 0.620. The summed E-state index contributed by atoms with van der Waals surface area (Å²) < 4.78 is 3.63. The largest absolute Gasteiger partial charge is 0.386 e. The Morgan fingerprint density at radius 3 is 3.18 bits per heavy atom. The van der Waals surface area contributed by atoms with Crippen molar-refractivity contribution >= 4 is 11.5 Å². The summed E-state index contributed by atoms with van der Waals surface area (Å²) in [7, 11) is 0. The van der Waals surface area contributed by atoms with Crippen LogP contribution in [0.25, 0.3) is 0 Å². The van der Waals surface area contributed by atoms with Crippen molar-refractivity contribution in [2.75, 3.05) is 0 Å². The summed E-state index contributed by atoms with van der Waals surface area (Å²) >= 11 is 1.23. The first kappa shape index (κ1) is 8.18. The van der Waals surface area contributed by atoms with Gasteiger partial charge in [-0.2, -0.15) is 0 Å². The minimum Gasteiger partial charge on any atom is -0.386 e. The molecule has 1 rings (SSSR count). The van der Waals surface area contributed by atoms with E-state index < -0.39 is 6.10 Å². The van der Waals surface area contributed by atoms with E-state index in [0.717, 1.165) is 0 Å². The zero-order valence-electron chi connectivity index (χ0n) is 6.11. The molecule has 1 N–H and O–H groups in total. The molecule has 0 spiro atoms. The van der Waals surface area contributed by atoms with Crippen LogP contribution < -0.4 is 0 Å². The molecule has 0 radical (unpaired) electrons. The van der Waals surface area contributed by atoms with Gasteiger partial charge >= 0.3 is 0 Å². The topological polar surface area (TPSA) is 46.0 Å². The fourth-order valence-corrected chi connectivity index (χ4v) is 1.12. The number of rotatable bonds is 2. The maximum Gasteiger partial charge on any atom is 0.110 e. The second kappa shape index (κ2) is 4.06. The van der Waals surface area contributed by atoms with Crippen molar-refractivity contribution in [1.82, 2.24) is 9.59 Å². The van der Waals surface area contributed by atoms with Gasteiger partial charge in [0.15, 0.2) is 0 Å². The highest BCUT2D eigenvalue weighted by Gasteiger charge is 2.07. The van der Waals surface area contributed by atoms with Crippen molar-refractivity contribution in [3.8, 4) is 11.8 Å². The molecule has 0 aliphatic rings. The molecule has 0 amide bonds. The van der Waals surface area contributed by atoms with Crippen molar-refractivity contribution in [1.29, 1.82) is 0 Å². The predicted molar refractivity (Wildman–Crippen MR) is 42.9 cm³/mol. The molecule has 0 saturated carbocycles. The number of aliphatic hydroxyl groups is 1. The van der Waals surface area contributed by atoms with Gasteiger partial charge in [-0.3, -0.25) is 0 Å². The lowest BCUT2D eigenvalue weighted by Crippen LogP contribution is -1.95. The van der Waals surface area contributed by atoms with Gasteiger partial charge in [0.25, 0.3) is 0 Å². The van der Waals surface area contributed by atoms with Crippen LogP contribution in [0.2, 0.25) is 0 Å². The molecule has 58 valence electrons. The van der Waals surface area contributed by atoms with Crippen LogP contribution in [0.5, 0.6) is 0 Å². The Kier molecular flexibility index (Phi) is 3.02. The lowest BCUT2D eigenvalue weighted by molar-refractivity contribution is 0.179. The van der Waals surface area contributed by atoms with Crippen molar-refractivity contribution in [3.63, 3.8) is 0 Å². The van der Waals surface area contributed by atoms with Gasteiger partial charge in [-0.1, -0.05) is 4.49 Å². The first-order valence-corrected chi connectivity index (χ1v) is 4.03. The number of hydrogen-bond donors (Lipinski definition) is 1. The summed E-state index contributed by atoms with van der Waals surface area (Å²) in [6, 6.07) is 0. The zero-order chi connectivity index (χ0) is 8.10. The summed E-state index contributed by atoms with van der Waals surface area (Å²) in [5.41, 5.74) is 0.609. The van der Waals surface area contributed by atoms with Crippen molar-refractivity contribution < 1.29 is 5.11 Å². The maximum atomic E-state index is 9.34. The van der Waals surface area contributed by atoms with E-state index in [1.807, 2.05) is 0 Å². The smallest absolute Gasteiger partial charge is 0.110 e. The summed E-state index contributed by atoms with van der Waals surface area (Å²) in [5, 5.41) is 14.8. The lowest BCUT2D eigenvalue weighted by atomic mass is 10.2. The molecule has 1 atom stereocenters. The van der Waals surface area contributed by atoms with Gasteiger partial charge in [-0.15, -0.1) is 16.9 Å². The Balaban J connectivity index is 2.53. The third-order valence-corrected chi connectivity index (χ3v) is 1.71. The molecule has 1 heterocycles. The van der Waals surface area contributed by atoms with Crippen LogP contribution in [0.4, 0.5) is 0 Å². The maximum absolute atomic E-state index is 9.34. The molecule has 11 heavy (non-hydrogen) atoms. The molecule has 4 heteroatoms. The normalized spacial score (nSPS) is 11.8. The minimum absolute atomic E-state index is 0.432. The summed E-state index contributed by atoms with van der Waals surface area (Å²) in [4.78, 5) is 0. The van der Waals surface area contributed by atoms with Crippen LogP contribution in [0.3, 0.4) is 0 Å². The molecule has 0 bridgehead atoms. The Hall–Kier alpha value is -0.920. The van der Waals surface area contributed by atoms with E-state index in [4.69, 9.17) is 0 Å². The van der Waals surface area contributed by atoms with E-state index >= 15 is 0 Å². The molecule has 1 unspecified atom stereocenters. The first-order valence-electron chi connectivity index (χ1n) is 3.19. The second-order valence-corrected chi connectivity index (χ2v) is 2.59. The van der Waals surface area contributed by atoms with E-state index in [1.54, 1.807) is 12.3 Å². The van der Waals surface area contributed by atoms with Gasteiger partial charge in [-0.25, -0.2) is 0 Å². The van der Waals surface area contributed by atoms with E-state index in [9.17, 15) is 5.11 Å². The van der Waals surface area contributed by atoms with Gasteiger partial charge in [0.05, 0.1) is 0 Å². The van der Waals surface area contributed by atoms with Crippen molar-refractivity contribution in [2.24, 2.45) is 0 Å². The van der Waals surface area contributed by atoms with E-state index in [-0.39, 0.29) is 0 Å². The molecule has 0 fully saturated rings. The third kappa shape index (κ3) is 2.30. The van der Waals surface area contributed by atoms with Crippen LogP contribution in [-0.2, 0) is 0 Å². The molecule has 1 aromatic rings. The highest BCUT2D eigenvalue weighted by atomic mass is 32.1. The Bertz CT molecular complexity index is 260. The van der Waals surface area contributed by atoms with Gasteiger partial charge in [0.1, 0.15) is 11.8 Å². The third-order valence-electron chi connectivity index (χ3n) is 1.19. The SMILES string of the molecule is CC#CCC(O)c1csnn1. The molecule has 0 aromatic carbocycles. The minimum atomic E-state index is -0.582. The van der Waals surface area contributed by atoms with Crippen LogP contribution in [0.15, 0.2) is 5.38 Å². The highest BCUT2D eigenvalue weighted by Crippen LogP contribution is 2.13. The highest BCUT2D eigenvalue weighted by molar-refractivity contribution is 7.03. The summed E-state index contributed by atoms with van der Waals surface area (Å²) in [5.74, 6) is 5.48. The van der Waals surface area contributed by atoms with Crippen molar-refractivity contribution in [3.05, 3.63) is 11.1 Å². The van der Waals surface area contributed by atoms with Crippen LogP contribution in [-0.4, -0.2) is 14.7 Å². The van der Waals surface area contributed by atoms with E-state index in [1.165, 1.54) is 11.5 Å². The molecular weight excluding hydrogens is 160 g/mol. The number of aromatic nitrogens is 2. The molecule has 3 nitrogen and oxygen atoms in total. The fraction of sp³-hybridized carbons (Fsp3) is 0.429. The Morgan fingerprint density at radius 2 is 2.64 bits per heavy atom. The number of hydrogen-bond acceptors (Lipinski definition) is 4. The second-order valence-electron chi connectivity index (χ2n) is 1.98. The van der Waals surface area contributed by atoms with Gasteiger partial charge < -0.3 is 5.11 Å². The predicted octanol–water partition coefficient (Wildman–Crippen LogP) is 0.985. The van der Waals surface area contributed by atoms with Crippen LogP contribution in [0.1, 0.15) is 25.1 Å². The Labute approximate surface area is 69.2 Å². The van der Waals surface area contributed by atoms with E-state index in [2.05, 4.69) is 21.4 Å². The number of nitrogens with zero attached hydrogens (tertiary/aromatic N) is 2. The molecule has 0 aliphatic heterocycles. The van der Waals surface area contributed by atoms with Gasteiger partial charge in [0.2, 0.25) is 0 Å². The monoisotopic (exact) mass is 168 g/mol. The standard InChI is InChI=1S/C7H8N2OS/c1-2-3-4-7(10)6-5-11-9-8-6/h5,7,10H,4H2,1H3. The average molecular weight is 168 g/mol. The van der Waals surface area contributed by atoms with Crippen molar-refractivity contribution in [2.45, 2.75) is 19.4 Å². The Morgan fingerprint density at radius 1 is 1.82 bits per heavy atom. The average Bonchev–Trinajstić information content (AvgIpc) is 2.52.